The Morgan fingerprint density at radius 1 is 1.20 bits per heavy atom. The molecule has 2 heterocycles. The molecule has 1 amide bonds. The van der Waals surface area contributed by atoms with Crippen LogP contribution in [-0.4, -0.2) is 29.0 Å². The number of fused-ring (bicyclic) bond motifs is 1. The van der Waals surface area contributed by atoms with Gasteiger partial charge in [-0.05, 0) is 30.7 Å². The minimum Gasteiger partial charge on any atom is -0.465 e. The average Bonchev–Trinajstić information content (AvgIpc) is 2.92. The van der Waals surface area contributed by atoms with Gasteiger partial charge in [0.1, 0.15) is 21.9 Å². The number of amides is 1. The Balaban J connectivity index is 2.01. The Bertz CT molecular complexity index is 968. The highest BCUT2D eigenvalue weighted by Crippen LogP contribution is 2.34. The Kier molecular flexibility index (Phi) is 4.62. The first-order valence-corrected chi connectivity index (χ1v) is 8.28. The summed E-state index contributed by atoms with van der Waals surface area (Å²) in [6.07, 6.45) is 1.44. The Hall–Kier alpha value is -3.00. The van der Waals surface area contributed by atoms with E-state index in [0.29, 0.717) is 21.2 Å². The Morgan fingerprint density at radius 2 is 1.96 bits per heavy atom. The number of aryl methyl sites for hydroxylation is 1. The second kappa shape index (κ2) is 6.86. The number of anilines is 3. The number of aromatic nitrogens is 2. The van der Waals surface area contributed by atoms with Crippen molar-refractivity contribution in [1.29, 1.82) is 0 Å². The number of esters is 1. The lowest BCUT2D eigenvalue weighted by Crippen LogP contribution is -2.06. The SMILES string of the molecule is COC(=O)c1sc2ncnc(Nc3cccc(NC(C)=O)c3)c2c1C. The van der Waals surface area contributed by atoms with Crippen LogP contribution in [0.4, 0.5) is 17.2 Å². The molecule has 0 spiro atoms. The number of nitrogens with zero attached hydrogens (tertiary/aromatic N) is 2. The molecule has 0 radical (unpaired) electrons. The molecular weight excluding hydrogens is 340 g/mol. The summed E-state index contributed by atoms with van der Waals surface area (Å²) in [5, 5.41) is 6.73. The first-order chi connectivity index (χ1) is 12.0. The lowest BCUT2D eigenvalue weighted by Gasteiger charge is -2.09. The highest BCUT2D eigenvalue weighted by Gasteiger charge is 2.19. The number of nitrogens with one attached hydrogen (secondary N) is 2. The zero-order chi connectivity index (χ0) is 18.0. The van der Waals surface area contributed by atoms with Gasteiger partial charge in [-0.1, -0.05) is 6.07 Å². The molecule has 8 heteroatoms. The fourth-order valence-corrected chi connectivity index (χ4v) is 3.54. The number of methoxy groups -OCH3 is 1. The summed E-state index contributed by atoms with van der Waals surface area (Å²) in [4.78, 5) is 32.9. The van der Waals surface area contributed by atoms with Crippen LogP contribution < -0.4 is 10.6 Å². The highest BCUT2D eigenvalue weighted by atomic mass is 32.1. The quantitative estimate of drug-likeness (QED) is 0.695. The fourth-order valence-electron chi connectivity index (χ4n) is 2.47. The van der Waals surface area contributed by atoms with Crippen molar-refractivity contribution >= 4 is 50.6 Å². The molecule has 2 aromatic heterocycles. The van der Waals surface area contributed by atoms with Gasteiger partial charge >= 0.3 is 5.97 Å². The average molecular weight is 356 g/mol. The smallest absolute Gasteiger partial charge is 0.348 e. The molecule has 3 aromatic rings. The lowest BCUT2D eigenvalue weighted by molar-refractivity contribution is -0.114. The molecule has 3 rings (SSSR count). The van der Waals surface area contributed by atoms with Crippen LogP contribution in [0.1, 0.15) is 22.2 Å². The van der Waals surface area contributed by atoms with Gasteiger partial charge in [0.05, 0.1) is 12.5 Å². The molecule has 0 saturated heterocycles. The van der Waals surface area contributed by atoms with E-state index in [1.54, 1.807) is 12.1 Å². The third-order valence-electron chi connectivity index (χ3n) is 3.54. The van der Waals surface area contributed by atoms with E-state index in [4.69, 9.17) is 4.74 Å². The minimum absolute atomic E-state index is 0.141. The van der Waals surface area contributed by atoms with Crippen molar-refractivity contribution in [2.24, 2.45) is 0 Å². The van der Waals surface area contributed by atoms with Gasteiger partial charge in [0, 0.05) is 18.3 Å². The van der Waals surface area contributed by atoms with Crippen molar-refractivity contribution in [1.82, 2.24) is 9.97 Å². The molecule has 0 atom stereocenters. The zero-order valence-electron chi connectivity index (χ0n) is 13.9. The van der Waals surface area contributed by atoms with Crippen LogP contribution in [0.5, 0.6) is 0 Å². The summed E-state index contributed by atoms with van der Waals surface area (Å²) >= 11 is 1.27. The predicted molar refractivity (Wildman–Crippen MR) is 97.5 cm³/mol. The van der Waals surface area contributed by atoms with Crippen LogP contribution in [0.3, 0.4) is 0 Å². The molecule has 2 N–H and O–H groups in total. The van der Waals surface area contributed by atoms with Gasteiger partial charge in [-0.2, -0.15) is 0 Å². The van der Waals surface area contributed by atoms with Crippen LogP contribution >= 0.6 is 11.3 Å². The minimum atomic E-state index is -0.390. The van der Waals surface area contributed by atoms with Gasteiger partial charge < -0.3 is 15.4 Å². The van der Waals surface area contributed by atoms with E-state index in [2.05, 4.69) is 20.6 Å². The van der Waals surface area contributed by atoms with Gasteiger partial charge in [-0.3, -0.25) is 4.79 Å². The van der Waals surface area contributed by atoms with E-state index in [1.165, 1.54) is 31.7 Å². The normalized spacial score (nSPS) is 10.5. The molecule has 0 aliphatic heterocycles. The number of hydrogen-bond acceptors (Lipinski definition) is 7. The standard InChI is InChI=1S/C17H16N4O3S/c1-9-13-15(18-8-19-16(13)25-14(9)17(23)24-3)21-12-6-4-5-11(7-12)20-10(2)22/h4-8H,1-3H3,(H,20,22)(H,18,19,21). The summed E-state index contributed by atoms with van der Waals surface area (Å²) in [7, 11) is 1.35. The summed E-state index contributed by atoms with van der Waals surface area (Å²) in [6.45, 7) is 3.30. The van der Waals surface area contributed by atoms with E-state index in [-0.39, 0.29) is 11.9 Å². The van der Waals surface area contributed by atoms with Crippen molar-refractivity contribution in [2.75, 3.05) is 17.7 Å². The van der Waals surface area contributed by atoms with E-state index in [1.807, 2.05) is 19.1 Å². The number of carbonyl (C=O) groups is 2. The van der Waals surface area contributed by atoms with Gasteiger partial charge in [-0.15, -0.1) is 11.3 Å². The number of hydrogen-bond donors (Lipinski definition) is 2. The van der Waals surface area contributed by atoms with Gasteiger partial charge in [0.15, 0.2) is 0 Å². The van der Waals surface area contributed by atoms with Gasteiger partial charge in [-0.25, -0.2) is 14.8 Å². The maximum atomic E-state index is 11.9. The fraction of sp³-hybridized carbons (Fsp3) is 0.176. The van der Waals surface area contributed by atoms with E-state index in [9.17, 15) is 9.59 Å². The summed E-state index contributed by atoms with van der Waals surface area (Å²) in [5.41, 5.74) is 2.21. The first kappa shape index (κ1) is 16.8. The van der Waals surface area contributed by atoms with E-state index < -0.39 is 0 Å². The number of thiophene rings is 1. The van der Waals surface area contributed by atoms with Gasteiger partial charge in [0.2, 0.25) is 5.91 Å². The third kappa shape index (κ3) is 3.43. The number of benzene rings is 1. The zero-order valence-corrected chi connectivity index (χ0v) is 14.7. The van der Waals surface area contributed by atoms with Gasteiger partial charge in [0.25, 0.3) is 0 Å². The number of carbonyl (C=O) groups excluding carboxylic acids is 2. The van der Waals surface area contributed by atoms with Crippen molar-refractivity contribution < 1.29 is 14.3 Å². The molecule has 0 saturated carbocycles. The van der Waals surface area contributed by atoms with Crippen LogP contribution in [0.15, 0.2) is 30.6 Å². The molecule has 25 heavy (non-hydrogen) atoms. The van der Waals surface area contributed by atoms with E-state index in [0.717, 1.165) is 16.6 Å². The predicted octanol–water partition coefficient (Wildman–Crippen LogP) is 3.49. The third-order valence-corrected chi connectivity index (χ3v) is 4.72. The molecule has 1 aromatic carbocycles. The van der Waals surface area contributed by atoms with Crippen molar-refractivity contribution in [3.63, 3.8) is 0 Å². The van der Waals surface area contributed by atoms with Crippen molar-refractivity contribution in [3.8, 4) is 0 Å². The molecular formula is C17H16N4O3S. The number of ether oxygens (including phenoxy) is 1. The first-order valence-electron chi connectivity index (χ1n) is 7.46. The second-order valence-corrected chi connectivity index (χ2v) is 6.34. The molecule has 128 valence electrons. The summed E-state index contributed by atoms with van der Waals surface area (Å²) in [5.74, 6) is 0.0611. The molecule has 7 nitrogen and oxygen atoms in total. The van der Waals surface area contributed by atoms with E-state index >= 15 is 0 Å². The van der Waals surface area contributed by atoms with Crippen LogP contribution in [0, 0.1) is 6.92 Å². The monoisotopic (exact) mass is 356 g/mol. The highest BCUT2D eigenvalue weighted by molar-refractivity contribution is 7.20. The summed E-state index contributed by atoms with van der Waals surface area (Å²) in [6, 6.07) is 7.29. The summed E-state index contributed by atoms with van der Waals surface area (Å²) < 4.78 is 4.82. The van der Waals surface area contributed by atoms with Crippen LogP contribution in [0.25, 0.3) is 10.2 Å². The molecule has 0 bridgehead atoms. The Labute approximate surface area is 148 Å². The number of rotatable bonds is 4. The van der Waals surface area contributed by atoms with Crippen LogP contribution in [0.2, 0.25) is 0 Å². The maximum Gasteiger partial charge on any atom is 0.348 e. The molecule has 0 aliphatic carbocycles. The maximum absolute atomic E-state index is 11.9. The molecule has 0 aliphatic rings. The Morgan fingerprint density at radius 3 is 2.68 bits per heavy atom. The molecule has 0 fully saturated rings. The largest absolute Gasteiger partial charge is 0.465 e. The molecule has 0 unspecified atom stereocenters. The topological polar surface area (TPSA) is 93.2 Å². The lowest BCUT2D eigenvalue weighted by atomic mass is 10.2. The second-order valence-electron chi connectivity index (χ2n) is 5.34. The van der Waals surface area contributed by atoms with Crippen molar-refractivity contribution in [3.05, 3.63) is 41.0 Å². The van der Waals surface area contributed by atoms with Crippen molar-refractivity contribution in [2.45, 2.75) is 13.8 Å². The van der Waals surface area contributed by atoms with Crippen LogP contribution in [-0.2, 0) is 9.53 Å².